The van der Waals surface area contributed by atoms with E-state index in [0.717, 1.165) is 17.6 Å². The Morgan fingerprint density at radius 1 is 0.750 bits per heavy atom. The van der Waals surface area contributed by atoms with E-state index in [0.29, 0.717) is 22.5 Å². The van der Waals surface area contributed by atoms with Crippen molar-refractivity contribution in [2.45, 2.75) is 0 Å². The SMILES string of the molecule is [C-]#[N+]C([N+]#[C-])=C(C#N)c1ccn(-c2ccc(NS(=O)OC)cc2)c1.[C-]#[N+]C([N+]#[C-])=C(C#N)c1ccn(-c2ccc(NS(C)(=O)=O)cc2)c1. The molecule has 0 bridgehead atoms. The number of hydrogen-bond donors (Lipinski definition) is 2. The van der Waals surface area contributed by atoms with Crippen LogP contribution >= 0.6 is 0 Å². The quantitative estimate of drug-likeness (QED) is 0.163. The Morgan fingerprint density at radius 2 is 1.15 bits per heavy atom. The maximum absolute atomic E-state index is 11.3. The van der Waals surface area contributed by atoms with E-state index in [2.05, 4.69) is 33.0 Å². The maximum atomic E-state index is 11.3. The van der Waals surface area contributed by atoms with Gasteiger partial charge in [-0.3, -0.25) is 13.6 Å². The molecule has 14 nitrogen and oxygen atoms in total. The number of benzene rings is 2. The van der Waals surface area contributed by atoms with Crippen LogP contribution in [0.3, 0.4) is 0 Å². The summed E-state index contributed by atoms with van der Waals surface area (Å²) >= 11 is -1.60. The van der Waals surface area contributed by atoms with Crippen molar-refractivity contribution >= 4 is 43.8 Å². The minimum absolute atomic E-state index is 0.0223. The van der Waals surface area contributed by atoms with Crippen molar-refractivity contribution in [3.05, 3.63) is 154 Å². The molecule has 2 aromatic carbocycles. The Bertz CT molecular complexity index is 2240. The summed E-state index contributed by atoms with van der Waals surface area (Å²) in [6, 6.07) is 20.8. The molecule has 4 rings (SSSR count). The van der Waals surface area contributed by atoms with Crippen LogP contribution in [0.15, 0.2) is 97.1 Å². The molecule has 48 heavy (non-hydrogen) atoms. The van der Waals surface area contributed by atoms with Crippen LogP contribution in [-0.2, 0) is 25.5 Å². The fourth-order valence-corrected chi connectivity index (χ4v) is 4.90. The number of hydrogen-bond acceptors (Lipinski definition) is 6. The molecule has 2 heterocycles. The van der Waals surface area contributed by atoms with Crippen molar-refractivity contribution in [2.24, 2.45) is 0 Å². The van der Waals surface area contributed by atoms with Gasteiger partial charge in [-0.2, -0.15) is 29.9 Å². The molecule has 2 N–H and O–H groups in total. The third-order valence-corrected chi connectivity index (χ3v) is 7.36. The zero-order chi connectivity index (χ0) is 35.3. The highest BCUT2D eigenvalue weighted by molar-refractivity contribution is 7.92. The van der Waals surface area contributed by atoms with Crippen molar-refractivity contribution in [3.63, 3.8) is 0 Å². The number of nitrogens with one attached hydrogen (secondary N) is 2. The summed E-state index contributed by atoms with van der Waals surface area (Å²) in [5, 5.41) is 18.4. The zero-order valence-corrected chi connectivity index (χ0v) is 26.7. The largest absolute Gasteiger partial charge is 0.538 e. The second kappa shape index (κ2) is 16.4. The lowest BCUT2D eigenvalue weighted by Crippen LogP contribution is -2.09. The smallest absolute Gasteiger partial charge is 0.323 e. The van der Waals surface area contributed by atoms with Gasteiger partial charge < -0.3 is 9.13 Å². The summed E-state index contributed by atoms with van der Waals surface area (Å²) in [4.78, 5) is 12.3. The molecule has 4 aromatic rings. The predicted molar refractivity (Wildman–Crippen MR) is 180 cm³/mol. The van der Waals surface area contributed by atoms with Crippen LogP contribution in [0.2, 0.25) is 0 Å². The number of allylic oxidation sites excluding steroid dienone is 2. The lowest BCUT2D eigenvalue weighted by Gasteiger charge is -2.06. The van der Waals surface area contributed by atoms with Crippen molar-refractivity contribution in [1.29, 1.82) is 10.5 Å². The molecule has 16 heteroatoms. The van der Waals surface area contributed by atoms with E-state index in [1.54, 1.807) is 94.6 Å². The Morgan fingerprint density at radius 3 is 1.48 bits per heavy atom. The van der Waals surface area contributed by atoms with Gasteiger partial charge in [0, 0.05) is 58.7 Å². The summed E-state index contributed by atoms with van der Waals surface area (Å²) in [6.07, 6.45) is 7.80. The zero-order valence-electron chi connectivity index (χ0n) is 25.1. The molecule has 1 unspecified atom stereocenters. The van der Waals surface area contributed by atoms with Crippen LogP contribution in [0.4, 0.5) is 11.4 Å². The first-order valence-corrected chi connectivity index (χ1v) is 16.0. The van der Waals surface area contributed by atoms with Gasteiger partial charge in [0.05, 0.1) is 25.5 Å². The highest BCUT2D eigenvalue weighted by Crippen LogP contribution is 2.24. The van der Waals surface area contributed by atoms with E-state index in [9.17, 15) is 17.9 Å². The summed E-state index contributed by atoms with van der Waals surface area (Å²) in [5.41, 5.74) is 3.66. The lowest BCUT2D eigenvalue weighted by molar-refractivity contribution is 0.449. The van der Waals surface area contributed by atoms with E-state index in [4.69, 9.17) is 31.6 Å². The van der Waals surface area contributed by atoms with Gasteiger partial charge in [0.25, 0.3) is 11.3 Å². The van der Waals surface area contributed by atoms with Crippen LogP contribution in [0.5, 0.6) is 0 Å². The van der Waals surface area contributed by atoms with Crippen LogP contribution in [0.25, 0.3) is 41.9 Å². The molecule has 0 aliphatic rings. The van der Waals surface area contributed by atoms with Crippen molar-refractivity contribution in [2.75, 3.05) is 22.8 Å². The maximum Gasteiger partial charge on any atom is 0.538 e. The molecule has 0 spiro atoms. The van der Waals surface area contributed by atoms with Gasteiger partial charge in [-0.15, -0.1) is 0 Å². The molecule has 0 aliphatic carbocycles. The van der Waals surface area contributed by atoms with Gasteiger partial charge in [0.2, 0.25) is 10.0 Å². The number of nitrogens with zero attached hydrogens (tertiary/aromatic N) is 8. The first-order chi connectivity index (χ1) is 23.0. The fraction of sp³-hybridized carbons (Fsp3) is 0.0625. The minimum Gasteiger partial charge on any atom is -0.323 e. The summed E-state index contributed by atoms with van der Waals surface area (Å²) in [5.74, 6) is -0.528. The molecule has 0 fully saturated rings. The van der Waals surface area contributed by atoms with E-state index in [1.165, 1.54) is 7.11 Å². The number of sulfonamides is 1. The first-order valence-electron chi connectivity index (χ1n) is 13.1. The van der Waals surface area contributed by atoms with Gasteiger partial charge in [0.1, 0.15) is 26.3 Å². The Balaban J connectivity index is 0.000000260. The Hall–Kier alpha value is -6.92. The number of aromatic nitrogens is 2. The average molecular weight is 675 g/mol. The predicted octanol–water partition coefficient (Wildman–Crippen LogP) is 6.02. The van der Waals surface area contributed by atoms with Crippen LogP contribution in [-0.4, -0.2) is 35.1 Å². The minimum atomic E-state index is -3.34. The third kappa shape index (κ3) is 9.30. The standard InChI is InChI=1S/2C16H11N5O2S/c1-18-16(19-2)15(10-17)12-8-9-21(11-12)14-6-4-13(5-7-14)20-24(3,22)23;1-18-16(19-2)15(10-17)12-8-9-21(11-12)14-6-4-13(5-7-14)20-24(22)23-3/h2*4-9,11,20H,3H3. The number of rotatable bonds is 9. The molecule has 0 saturated heterocycles. The van der Waals surface area contributed by atoms with Crippen LogP contribution in [0.1, 0.15) is 11.1 Å². The van der Waals surface area contributed by atoms with E-state index >= 15 is 0 Å². The molecule has 2 aromatic heterocycles. The van der Waals surface area contributed by atoms with Gasteiger partial charge in [0.15, 0.2) is 11.1 Å². The highest BCUT2D eigenvalue weighted by atomic mass is 32.2. The van der Waals surface area contributed by atoms with Crippen molar-refractivity contribution < 1.29 is 16.8 Å². The fourth-order valence-electron chi connectivity index (χ4n) is 3.93. The normalized spacial score (nSPS) is 10.4. The molecule has 1 atom stereocenters. The van der Waals surface area contributed by atoms with E-state index < -0.39 is 21.3 Å². The number of nitriles is 2. The van der Waals surface area contributed by atoms with Gasteiger partial charge in [-0.25, -0.2) is 12.6 Å². The highest BCUT2D eigenvalue weighted by Gasteiger charge is 2.18. The summed E-state index contributed by atoms with van der Waals surface area (Å²) in [7, 11) is -2.00. The molecular formula is C32H22N10O4S2. The molecular weight excluding hydrogens is 653 g/mol. The van der Waals surface area contributed by atoms with E-state index in [1.807, 2.05) is 12.1 Å². The van der Waals surface area contributed by atoms with Crippen LogP contribution in [0, 0.1) is 49.0 Å². The van der Waals surface area contributed by atoms with Gasteiger partial charge in [-0.1, -0.05) is 0 Å². The second-order valence-corrected chi connectivity index (χ2v) is 11.9. The number of anilines is 2. The summed E-state index contributed by atoms with van der Waals surface area (Å²) in [6.45, 7) is 27.8. The summed E-state index contributed by atoms with van der Waals surface area (Å²) < 4.78 is 46.8. The van der Waals surface area contributed by atoms with Gasteiger partial charge in [-0.05, 0) is 60.7 Å². The lowest BCUT2D eigenvalue weighted by atomic mass is 10.1. The average Bonchev–Trinajstić information content (AvgIpc) is 3.77. The molecule has 0 saturated carbocycles. The third-order valence-electron chi connectivity index (χ3n) is 6.04. The first kappa shape index (κ1) is 35.6. The van der Waals surface area contributed by atoms with Crippen LogP contribution < -0.4 is 9.44 Å². The Kier molecular flexibility index (Phi) is 12.2. The molecule has 0 radical (unpaired) electrons. The molecule has 0 amide bonds. The molecule has 0 aliphatic heterocycles. The Labute approximate surface area is 279 Å². The van der Waals surface area contributed by atoms with Crippen molar-refractivity contribution in [3.8, 4) is 23.5 Å². The second-order valence-electron chi connectivity index (χ2n) is 9.15. The van der Waals surface area contributed by atoms with Crippen molar-refractivity contribution in [1.82, 2.24) is 9.13 Å². The monoisotopic (exact) mass is 674 g/mol. The van der Waals surface area contributed by atoms with E-state index in [-0.39, 0.29) is 22.8 Å². The topological polar surface area (TPSA) is 159 Å². The van der Waals surface area contributed by atoms with Gasteiger partial charge >= 0.3 is 11.6 Å². The molecule has 236 valence electrons.